The highest BCUT2D eigenvalue weighted by Gasteiger charge is 2.08. The molecule has 0 saturated heterocycles. The first-order valence-corrected chi connectivity index (χ1v) is 17.9. The average molecular weight is 625 g/mol. The number of amides is 4. The molecule has 0 aromatic carbocycles. The molecule has 0 unspecified atom stereocenters. The van der Waals surface area contributed by atoms with Crippen LogP contribution in [-0.2, 0) is 19.2 Å². The number of nitrogens with two attached hydrogens (primary N) is 2. The van der Waals surface area contributed by atoms with Crippen LogP contribution in [0.3, 0.4) is 0 Å². The van der Waals surface area contributed by atoms with Crippen LogP contribution in [0.25, 0.3) is 0 Å². The molecule has 0 bridgehead atoms. The Labute approximate surface area is 269 Å². The molecule has 4 amide bonds. The number of hydrogen-bond donors (Lipinski definition) is 5. The maximum absolute atomic E-state index is 12.3. The van der Waals surface area contributed by atoms with Crippen molar-refractivity contribution in [3.8, 4) is 0 Å². The van der Waals surface area contributed by atoms with Gasteiger partial charge in [0.1, 0.15) is 0 Å². The molecule has 0 aliphatic rings. The third-order valence-electron chi connectivity index (χ3n) is 7.96. The minimum absolute atomic E-state index is 0.100. The highest BCUT2D eigenvalue weighted by atomic mass is 16.2. The van der Waals surface area contributed by atoms with Gasteiger partial charge in [0.05, 0.1) is 0 Å². The summed E-state index contributed by atoms with van der Waals surface area (Å²) in [5.41, 5.74) is 10.3. The zero-order valence-corrected chi connectivity index (χ0v) is 28.2. The van der Waals surface area contributed by atoms with Gasteiger partial charge in [0.25, 0.3) is 0 Å². The molecule has 0 heterocycles. The summed E-state index contributed by atoms with van der Waals surface area (Å²) in [6, 6.07) is 0. The van der Waals surface area contributed by atoms with Crippen LogP contribution in [0.15, 0.2) is 0 Å². The molecule has 0 aromatic rings. The number of rotatable bonds is 34. The number of unbranched alkanes of at least 4 members (excludes halogenated alkanes) is 15. The molecule has 258 valence electrons. The second-order valence-electron chi connectivity index (χ2n) is 12.2. The van der Waals surface area contributed by atoms with Gasteiger partial charge in [-0.25, -0.2) is 0 Å². The SMILES string of the molecule is CCCCN(CCNCCC(=O)NCCCCCCCCCCC(N)=O)CCC(=O)NCCCCCCCCCCC(N)=O. The quantitative estimate of drug-likeness (QED) is 0.0654. The van der Waals surface area contributed by atoms with Crippen LogP contribution in [0.5, 0.6) is 0 Å². The summed E-state index contributed by atoms with van der Waals surface area (Å²) in [5.74, 6) is -0.183. The van der Waals surface area contributed by atoms with Crippen molar-refractivity contribution in [1.82, 2.24) is 20.9 Å². The first kappa shape index (κ1) is 41.8. The molecule has 0 atom stereocenters. The van der Waals surface area contributed by atoms with E-state index in [9.17, 15) is 19.2 Å². The number of nitrogens with one attached hydrogen (secondary N) is 3. The highest BCUT2D eigenvalue weighted by molar-refractivity contribution is 5.76. The van der Waals surface area contributed by atoms with Crippen molar-refractivity contribution >= 4 is 23.6 Å². The Kier molecular flexibility index (Phi) is 30.6. The fourth-order valence-corrected chi connectivity index (χ4v) is 5.14. The van der Waals surface area contributed by atoms with Crippen molar-refractivity contribution in [2.75, 3.05) is 45.8 Å². The molecule has 44 heavy (non-hydrogen) atoms. The van der Waals surface area contributed by atoms with Crippen LogP contribution in [0.4, 0.5) is 0 Å². The number of nitrogens with zero attached hydrogens (tertiary/aromatic N) is 1. The van der Waals surface area contributed by atoms with Gasteiger partial charge in [-0.3, -0.25) is 19.2 Å². The Morgan fingerprint density at radius 2 is 0.886 bits per heavy atom. The van der Waals surface area contributed by atoms with Gasteiger partial charge < -0.3 is 32.3 Å². The predicted octanol–water partition coefficient (Wildman–Crippen LogP) is 4.68. The molecule has 10 heteroatoms. The molecular weight excluding hydrogens is 556 g/mol. The summed E-state index contributed by atoms with van der Waals surface area (Å²) >= 11 is 0. The maximum atomic E-state index is 12.3. The second kappa shape index (κ2) is 32.2. The van der Waals surface area contributed by atoms with Gasteiger partial charge in [-0.1, -0.05) is 90.4 Å². The van der Waals surface area contributed by atoms with Crippen LogP contribution >= 0.6 is 0 Å². The first-order valence-electron chi connectivity index (χ1n) is 17.9. The second-order valence-corrected chi connectivity index (χ2v) is 12.2. The summed E-state index contributed by atoms with van der Waals surface area (Å²) in [6.07, 6.45) is 22.0. The Morgan fingerprint density at radius 1 is 0.455 bits per heavy atom. The largest absolute Gasteiger partial charge is 0.370 e. The van der Waals surface area contributed by atoms with Crippen molar-refractivity contribution in [2.45, 2.75) is 148 Å². The molecule has 0 aliphatic heterocycles. The van der Waals surface area contributed by atoms with E-state index in [-0.39, 0.29) is 23.6 Å². The van der Waals surface area contributed by atoms with Gasteiger partial charge in [-0.2, -0.15) is 0 Å². The Hall–Kier alpha value is -2.20. The Bertz CT molecular complexity index is 722. The number of primary amides is 2. The van der Waals surface area contributed by atoms with E-state index in [4.69, 9.17) is 11.5 Å². The lowest BCUT2D eigenvalue weighted by molar-refractivity contribution is -0.122. The van der Waals surface area contributed by atoms with E-state index in [1.54, 1.807) is 0 Å². The van der Waals surface area contributed by atoms with Crippen LogP contribution in [0, 0.1) is 0 Å². The average Bonchev–Trinajstić information content (AvgIpc) is 2.99. The number of carbonyl (C=O) groups excluding carboxylic acids is 4. The van der Waals surface area contributed by atoms with Crippen LogP contribution < -0.4 is 27.4 Å². The molecule has 0 fully saturated rings. The van der Waals surface area contributed by atoms with E-state index >= 15 is 0 Å². The van der Waals surface area contributed by atoms with E-state index < -0.39 is 0 Å². The summed E-state index contributed by atoms with van der Waals surface area (Å²) in [4.78, 5) is 48.3. The van der Waals surface area contributed by atoms with Crippen molar-refractivity contribution in [3.63, 3.8) is 0 Å². The van der Waals surface area contributed by atoms with Crippen molar-refractivity contribution in [3.05, 3.63) is 0 Å². The summed E-state index contributed by atoms with van der Waals surface area (Å²) in [6.45, 7) is 7.78. The van der Waals surface area contributed by atoms with Crippen LogP contribution in [-0.4, -0.2) is 74.3 Å². The fraction of sp³-hybridized carbons (Fsp3) is 0.882. The molecule has 7 N–H and O–H groups in total. The molecule has 0 radical (unpaired) electrons. The standard InChI is InChI=1S/C34H68N6O4/c1-2-3-28-40(29-23-34(44)39-25-19-15-11-7-5-9-13-17-21-32(36)42)30-27-37-26-22-33(43)38-24-18-14-10-6-4-8-12-16-20-31(35)41/h37H,2-30H2,1H3,(H2,35,41)(H2,36,42)(H,38,43)(H,39,44). The molecule has 0 saturated carbocycles. The van der Waals surface area contributed by atoms with Gasteiger partial charge in [0.15, 0.2) is 0 Å². The number of hydrogen-bond acceptors (Lipinski definition) is 6. The minimum atomic E-state index is -0.206. The summed E-state index contributed by atoms with van der Waals surface area (Å²) < 4.78 is 0. The number of carbonyl (C=O) groups is 4. The van der Waals surface area contributed by atoms with Crippen molar-refractivity contribution in [1.29, 1.82) is 0 Å². The smallest absolute Gasteiger partial charge is 0.221 e. The maximum Gasteiger partial charge on any atom is 0.221 e. The Morgan fingerprint density at radius 3 is 1.34 bits per heavy atom. The van der Waals surface area contributed by atoms with E-state index in [0.29, 0.717) is 32.2 Å². The zero-order chi connectivity index (χ0) is 32.5. The third kappa shape index (κ3) is 32.7. The molecule has 0 rings (SSSR count). The lowest BCUT2D eigenvalue weighted by Crippen LogP contribution is -2.37. The minimum Gasteiger partial charge on any atom is -0.370 e. The van der Waals surface area contributed by atoms with Crippen molar-refractivity contribution < 1.29 is 19.2 Å². The topological polar surface area (TPSA) is 160 Å². The zero-order valence-electron chi connectivity index (χ0n) is 28.2. The monoisotopic (exact) mass is 625 g/mol. The van der Waals surface area contributed by atoms with E-state index in [1.807, 2.05) is 0 Å². The predicted molar refractivity (Wildman–Crippen MR) is 181 cm³/mol. The van der Waals surface area contributed by atoms with Crippen LogP contribution in [0.1, 0.15) is 148 Å². The molecule has 0 aliphatic carbocycles. The van der Waals surface area contributed by atoms with Gasteiger partial charge in [0.2, 0.25) is 23.6 Å². The molecule has 0 spiro atoms. The first-order chi connectivity index (χ1) is 21.3. The molecule has 10 nitrogen and oxygen atoms in total. The van der Waals surface area contributed by atoms with Crippen LogP contribution in [0.2, 0.25) is 0 Å². The van der Waals surface area contributed by atoms with E-state index in [0.717, 1.165) is 116 Å². The normalized spacial score (nSPS) is 11.1. The lowest BCUT2D eigenvalue weighted by atomic mass is 10.1. The van der Waals surface area contributed by atoms with Crippen molar-refractivity contribution in [2.24, 2.45) is 11.5 Å². The molecule has 0 aromatic heterocycles. The van der Waals surface area contributed by atoms with E-state index in [2.05, 4.69) is 27.8 Å². The van der Waals surface area contributed by atoms with Gasteiger partial charge in [0, 0.05) is 65.0 Å². The summed E-state index contributed by atoms with van der Waals surface area (Å²) in [5, 5.41) is 9.48. The highest BCUT2D eigenvalue weighted by Crippen LogP contribution is 2.10. The van der Waals surface area contributed by atoms with Gasteiger partial charge >= 0.3 is 0 Å². The summed E-state index contributed by atoms with van der Waals surface area (Å²) in [7, 11) is 0. The Balaban J connectivity index is 3.71. The third-order valence-corrected chi connectivity index (χ3v) is 7.96. The van der Waals surface area contributed by atoms with Gasteiger partial charge in [-0.05, 0) is 38.6 Å². The molecular formula is C34H68N6O4. The fourth-order valence-electron chi connectivity index (χ4n) is 5.14. The van der Waals surface area contributed by atoms with Gasteiger partial charge in [-0.15, -0.1) is 0 Å². The lowest BCUT2D eigenvalue weighted by Gasteiger charge is -2.22. The van der Waals surface area contributed by atoms with E-state index in [1.165, 1.54) is 38.5 Å².